The summed E-state index contributed by atoms with van der Waals surface area (Å²) in [6.45, 7) is 4.35. The Morgan fingerprint density at radius 1 is 1.03 bits per heavy atom. The summed E-state index contributed by atoms with van der Waals surface area (Å²) in [5, 5.41) is 12.4. The van der Waals surface area contributed by atoms with Gasteiger partial charge in [0.1, 0.15) is 5.76 Å². The van der Waals surface area contributed by atoms with Gasteiger partial charge in [0.2, 0.25) is 11.9 Å². The number of carbonyl (C=O) groups excluding carboxylic acids is 1. The number of thioether (sulfide) groups is 1. The number of carbonyl (C=O) groups is 1. The van der Waals surface area contributed by atoms with Crippen molar-refractivity contribution in [2.24, 2.45) is 0 Å². The molecule has 0 saturated carbocycles. The zero-order valence-corrected chi connectivity index (χ0v) is 19.9. The Balaban J connectivity index is 1.35. The van der Waals surface area contributed by atoms with E-state index >= 15 is 0 Å². The van der Waals surface area contributed by atoms with Crippen molar-refractivity contribution >= 4 is 29.3 Å². The molecule has 1 amide bonds. The Morgan fingerprint density at radius 2 is 1.79 bits per heavy atom. The van der Waals surface area contributed by atoms with Crippen molar-refractivity contribution in [1.29, 1.82) is 0 Å². The number of nitrogens with one attached hydrogen (secondary N) is 1. The number of para-hydroxylation sites is 1. The van der Waals surface area contributed by atoms with Crippen molar-refractivity contribution < 1.29 is 9.21 Å². The van der Waals surface area contributed by atoms with Crippen LogP contribution in [0.2, 0.25) is 0 Å². The minimum absolute atomic E-state index is 0.0800. The van der Waals surface area contributed by atoms with Crippen molar-refractivity contribution in [2.75, 3.05) is 23.3 Å². The van der Waals surface area contributed by atoms with Crippen LogP contribution in [0.4, 0.5) is 11.6 Å². The summed E-state index contributed by atoms with van der Waals surface area (Å²) < 4.78 is 7.63. The summed E-state index contributed by atoms with van der Waals surface area (Å²) in [7, 11) is 0. The van der Waals surface area contributed by atoms with E-state index in [9.17, 15) is 4.79 Å². The lowest BCUT2D eigenvalue weighted by Crippen LogP contribution is -2.24. The van der Waals surface area contributed by atoms with Crippen molar-refractivity contribution in [3.05, 3.63) is 78.8 Å². The van der Waals surface area contributed by atoms with E-state index in [4.69, 9.17) is 4.42 Å². The second kappa shape index (κ2) is 10.2. The number of hydrogen-bond donors (Lipinski definition) is 1. The van der Waals surface area contributed by atoms with E-state index in [-0.39, 0.29) is 11.2 Å². The largest absolute Gasteiger partial charge is 0.467 e. The van der Waals surface area contributed by atoms with Gasteiger partial charge in [-0.1, -0.05) is 60.3 Å². The van der Waals surface area contributed by atoms with Gasteiger partial charge in [0, 0.05) is 24.3 Å². The first-order chi connectivity index (χ1) is 16.7. The molecule has 1 aliphatic heterocycles. The van der Waals surface area contributed by atoms with Crippen molar-refractivity contribution in [3.8, 4) is 11.1 Å². The highest BCUT2D eigenvalue weighted by atomic mass is 32.2. The summed E-state index contributed by atoms with van der Waals surface area (Å²) in [5.41, 5.74) is 2.85. The quantitative estimate of drug-likeness (QED) is 0.350. The molecule has 174 valence electrons. The normalized spacial score (nSPS) is 14.3. The molecule has 1 atom stereocenters. The molecule has 5 rings (SSSR count). The molecule has 1 unspecified atom stereocenters. The van der Waals surface area contributed by atoms with Crippen molar-refractivity contribution in [2.45, 2.75) is 36.7 Å². The van der Waals surface area contributed by atoms with Crippen LogP contribution in [0.1, 0.15) is 25.5 Å². The molecule has 1 N–H and O–H groups in total. The second-order valence-electron chi connectivity index (χ2n) is 8.30. The number of hydrogen-bond acceptors (Lipinski definition) is 6. The van der Waals surface area contributed by atoms with E-state index in [1.165, 1.54) is 11.8 Å². The number of furan rings is 1. The van der Waals surface area contributed by atoms with E-state index in [0.29, 0.717) is 11.7 Å². The third-order valence-corrected chi connectivity index (χ3v) is 6.98. The number of rotatable bonds is 8. The van der Waals surface area contributed by atoms with Gasteiger partial charge >= 0.3 is 0 Å². The lowest BCUT2D eigenvalue weighted by atomic mass is 10.0. The Morgan fingerprint density at radius 3 is 2.56 bits per heavy atom. The van der Waals surface area contributed by atoms with E-state index in [1.807, 2.05) is 73.7 Å². The molecule has 2 aromatic heterocycles. The van der Waals surface area contributed by atoms with Crippen LogP contribution in [-0.2, 0) is 11.3 Å². The molecule has 1 saturated heterocycles. The topological polar surface area (TPSA) is 76.2 Å². The maximum atomic E-state index is 13.2. The van der Waals surface area contributed by atoms with Gasteiger partial charge in [-0.2, -0.15) is 0 Å². The molecule has 3 heterocycles. The fourth-order valence-electron chi connectivity index (χ4n) is 4.12. The molecule has 8 heteroatoms. The minimum Gasteiger partial charge on any atom is -0.467 e. The summed E-state index contributed by atoms with van der Waals surface area (Å²) >= 11 is 1.41. The van der Waals surface area contributed by atoms with Gasteiger partial charge in [-0.05, 0) is 43.5 Å². The molecule has 4 aromatic rings. The first kappa shape index (κ1) is 22.3. The monoisotopic (exact) mass is 473 g/mol. The molecule has 34 heavy (non-hydrogen) atoms. The van der Waals surface area contributed by atoms with Gasteiger partial charge in [0.15, 0.2) is 5.16 Å². The van der Waals surface area contributed by atoms with Crippen LogP contribution in [0.15, 0.2) is 82.6 Å². The predicted octanol–water partition coefficient (Wildman–Crippen LogP) is 5.31. The van der Waals surface area contributed by atoms with Crippen LogP contribution in [0, 0.1) is 0 Å². The van der Waals surface area contributed by atoms with E-state index in [0.717, 1.165) is 54.5 Å². The third kappa shape index (κ3) is 4.87. The fourth-order valence-corrected chi connectivity index (χ4v) is 4.97. The van der Waals surface area contributed by atoms with Crippen LogP contribution in [0.25, 0.3) is 11.1 Å². The number of amides is 1. The van der Waals surface area contributed by atoms with Crippen LogP contribution in [0.5, 0.6) is 0 Å². The SMILES string of the molecule is CC(Sc1nnc(N2CCCC2)n1Cc1ccco1)C(=O)Nc1ccccc1-c1ccccc1. The highest BCUT2D eigenvalue weighted by molar-refractivity contribution is 8.00. The van der Waals surface area contributed by atoms with Crippen LogP contribution < -0.4 is 10.2 Å². The number of nitrogens with zero attached hydrogens (tertiary/aromatic N) is 4. The molecular weight excluding hydrogens is 446 g/mol. The zero-order valence-electron chi connectivity index (χ0n) is 19.1. The fraction of sp³-hybridized carbons (Fsp3) is 0.269. The zero-order chi connectivity index (χ0) is 23.3. The smallest absolute Gasteiger partial charge is 0.237 e. The van der Waals surface area contributed by atoms with E-state index in [1.54, 1.807) is 6.26 Å². The summed E-state index contributed by atoms with van der Waals surface area (Å²) in [6.07, 6.45) is 3.97. The summed E-state index contributed by atoms with van der Waals surface area (Å²) in [6, 6.07) is 21.7. The molecule has 0 aliphatic carbocycles. The third-order valence-electron chi connectivity index (χ3n) is 5.90. The molecule has 2 aromatic carbocycles. The van der Waals surface area contributed by atoms with Gasteiger partial charge in [0.25, 0.3) is 0 Å². The average molecular weight is 474 g/mol. The minimum atomic E-state index is -0.366. The Kier molecular flexibility index (Phi) is 6.67. The highest BCUT2D eigenvalue weighted by Gasteiger charge is 2.25. The number of aromatic nitrogens is 3. The first-order valence-corrected chi connectivity index (χ1v) is 12.4. The predicted molar refractivity (Wildman–Crippen MR) is 135 cm³/mol. The number of anilines is 2. The Bertz CT molecular complexity index is 1230. The van der Waals surface area contributed by atoms with Crippen LogP contribution in [0.3, 0.4) is 0 Å². The molecule has 0 spiro atoms. The van der Waals surface area contributed by atoms with E-state index < -0.39 is 0 Å². The molecular formula is C26H27N5O2S. The van der Waals surface area contributed by atoms with Gasteiger partial charge in [0.05, 0.1) is 18.1 Å². The van der Waals surface area contributed by atoms with Crippen molar-refractivity contribution in [1.82, 2.24) is 14.8 Å². The molecule has 0 bridgehead atoms. The maximum Gasteiger partial charge on any atom is 0.237 e. The van der Waals surface area contributed by atoms with Crippen LogP contribution >= 0.6 is 11.8 Å². The summed E-state index contributed by atoms with van der Waals surface area (Å²) in [5.74, 6) is 1.58. The van der Waals surface area contributed by atoms with Gasteiger partial charge < -0.3 is 14.6 Å². The van der Waals surface area contributed by atoms with Gasteiger partial charge in [-0.3, -0.25) is 9.36 Å². The Labute approximate surface area is 203 Å². The van der Waals surface area contributed by atoms with Gasteiger partial charge in [-0.15, -0.1) is 10.2 Å². The maximum absolute atomic E-state index is 13.2. The summed E-state index contributed by atoms with van der Waals surface area (Å²) in [4.78, 5) is 15.4. The lowest BCUT2D eigenvalue weighted by Gasteiger charge is -2.18. The average Bonchev–Trinajstić information content (AvgIpc) is 3.64. The lowest BCUT2D eigenvalue weighted by molar-refractivity contribution is -0.115. The highest BCUT2D eigenvalue weighted by Crippen LogP contribution is 2.31. The molecule has 1 fully saturated rings. The molecule has 1 aliphatic rings. The Hall–Kier alpha value is -3.52. The van der Waals surface area contributed by atoms with Gasteiger partial charge in [-0.25, -0.2) is 0 Å². The first-order valence-electron chi connectivity index (χ1n) is 11.5. The van der Waals surface area contributed by atoms with Crippen molar-refractivity contribution in [3.63, 3.8) is 0 Å². The van der Waals surface area contributed by atoms with Crippen LogP contribution in [-0.4, -0.2) is 39.0 Å². The molecule has 0 radical (unpaired) electrons. The molecule has 7 nitrogen and oxygen atoms in total. The second-order valence-corrected chi connectivity index (χ2v) is 9.61. The number of benzene rings is 2. The standard InChI is InChI=1S/C26H27N5O2S/c1-19(24(32)27-23-14-6-5-13-22(23)20-10-3-2-4-11-20)34-26-29-28-25(30-15-7-8-16-30)31(26)18-21-12-9-17-33-21/h2-6,9-14,17,19H,7-8,15-16,18H2,1H3,(H,27,32). The van der Waals surface area contributed by atoms with E-state index in [2.05, 4.69) is 25.0 Å².